The summed E-state index contributed by atoms with van der Waals surface area (Å²) in [5, 5.41) is 3.53. The van der Waals surface area contributed by atoms with Crippen LogP contribution in [-0.4, -0.2) is 25.0 Å². The van der Waals surface area contributed by atoms with E-state index in [1.807, 2.05) is 30.0 Å². The number of benzene rings is 2. The number of ether oxygens (including phenoxy) is 1. The highest BCUT2D eigenvalue weighted by atomic mass is 35.5. The van der Waals surface area contributed by atoms with Gasteiger partial charge in [-0.3, -0.25) is 9.59 Å². The largest absolute Gasteiger partial charge is 0.484 e. The Labute approximate surface area is 170 Å². The summed E-state index contributed by atoms with van der Waals surface area (Å²) in [7, 11) is 0. The molecule has 0 aliphatic carbocycles. The smallest absolute Gasteiger partial charge is 0.262 e. The summed E-state index contributed by atoms with van der Waals surface area (Å²) in [6.07, 6.45) is 3.22. The summed E-state index contributed by atoms with van der Waals surface area (Å²) in [6, 6.07) is 11.0. The number of halogens is 1. The van der Waals surface area contributed by atoms with Crippen molar-refractivity contribution >= 4 is 34.8 Å². The highest BCUT2D eigenvalue weighted by Crippen LogP contribution is 2.30. The van der Waals surface area contributed by atoms with E-state index >= 15 is 0 Å². The second-order valence-electron chi connectivity index (χ2n) is 6.99. The number of anilines is 2. The fourth-order valence-electron chi connectivity index (χ4n) is 3.25. The molecule has 0 atom stereocenters. The Morgan fingerprint density at radius 1 is 1.21 bits per heavy atom. The van der Waals surface area contributed by atoms with Crippen LogP contribution in [0.2, 0.25) is 5.02 Å². The van der Waals surface area contributed by atoms with Crippen molar-refractivity contribution < 1.29 is 14.3 Å². The van der Waals surface area contributed by atoms with Crippen LogP contribution in [0, 0.1) is 6.92 Å². The van der Waals surface area contributed by atoms with Gasteiger partial charge in [0.15, 0.2) is 6.61 Å². The van der Waals surface area contributed by atoms with Gasteiger partial charge in [-0.05, 0) is 67.3 Å². The van der Waals surface area contributed by atoms with Gasteiger partial charge in [0.25, 0.3) is 5.91 Å². The van der Waals surface area contributed by atoms with Crippen molar-refractivity contribution in [2.24, 2.45) is 0 Å². The average Bonchev–Trinajstić information content (AvgIpc) is 2.68. The van der Waals surface area contributed by atoms with Crippen LogP contribution in [0.15, 0.2) is 36.4 Å². The Morgan fingerprint density at radius 3 is 2.79 bits per heavy atom. The molecule has 0 aromatic heterocycles. The number of amides is 2. The van der Waals surface area contributed by atoms with Gasteiger partial charge in [0.1, 0.15) is 5.75 Å². The van der Waals surface area contributed by atoms with Gasteiger partial charge in [-0.1, -0.05) is 24.9 Å². The lowest BCUT2D eigenvalue weighted by molar-refractivity contribution is -0.119. The number of nitrogens with one attached hydrogen (secondary N) is 1. The van der Waals surface area contributed by atoms with Gasteiger partial charge in [0.05, 0.1) is 0 Å². The molecule has 1 N–H and O–H groups in total. The highest BCUT2D eigenvalue weighted by Gasteiger charge is 2.23. The van der Waals surface area contributed by atoms with Gasteiger partial charge in [0.2, 0.25) is 5.91 Å². The van der Waals surface area contributed by atoms with Crippen molar-refractivity contribution in [3.8, 4) is 5.75 Å². The van der Waals surface area contributed by atoms with E-state index < -0.39 is 0 Å². The number of carbonyl (C=O) groups excluding carboxylic acids is 2. The van der Waals surface area contributed by atoms with Gasteiger partial charge in [-0.15, -0.1) is 0 Å². The minimum atomic E-state index is -0.234. The standard InChI is InChI=1S/C22H25ClN2O3/c1-3-4-11-25-20-9-6-17(13-16(20)5-10-22(25)27)24-21(26)14-28-18-7-8-19(23)15(2)12-18/h6-9,12-13H,3-5,10-11,14H2,1-2H3,(H,24,26). The van der Waals surface area contributed by atoms with Crippen LogP contribution in [0.25, 0.3) is 0 Å². The van der Waals surface area contributed by atoms with Crippen LogP contribution in [0.3, 0.4) is 0 Å². The first kappa shape index (κ1) is 20.2. The molecule has 148 valence electrons. The maximum atomic E-state index is 12.2. The molecule has 1 aliphatic heterocycles. The molecule has 3 rings (SSSR count). The van der Waals surface area contributed by atoms with Crippen molar-refractivity contribution in [2.75, 3.05) is 23.4 Å². The lowest BCUT2D eigenvalue weighted by Crippen LogP contribution is -2.35. The molecule has 2 aromatic rings. The number of nitrogens with zero attached hydrogens (tertiary/aromatic N) is 1. The van der Waals surface area contributed by atoms with E-state index in [4.69, 9.17) is 16.3 Å². The Hall–Kier alpha value is -2.53. The minimum absolute atomic E-state index is 0.0841. The monoisotopic (exact) mass is 400 g/mol. The van der Waals surface area contributed by atoms with Gasteiger partial charge in [0, 0.05) is 29.4 Å². The molecule has 2 aromatic carbocycles. The molecule has 1 aliphatic rings. The lowest BCUT2D eigenvalue weighted by atomic mass is 10.00. The first-order valence-electron chi connectivity index (χ1n) is 9.60. The topological polar surface area (TPSA) is 58.6 Å². The van der Waals surface area contributed by atoms with Crippen molar-refractivity contribution in [2.45, 2.75) is 39.5 Å². The highest BCUT2D eigenvalue weighted by molar-refractivity contribution is 6.31. The molecule has 0 saturated carbocycles. The van der Waals surface area contributed by atoms with E-state index in [0.29, 0.717) is 29.3 Å². The molecule has 28 heavy (non-hydrogen) atoms. The van der Waals surface area contributed by atoms with Crippen LogP contribution in [0.1, 0.15) is 37.3 Å². The van der Waals surface area contributed by atoms with E-state index in [1.165, 1.54) is 0 Å². The molecule has 6 heteroatoms. The third-order valence-corrected chi connectivity index (χ3v) is 5.22. The van der Waals surface area contributed by atoms with Gasteiger partial charge in [-0.2, -0.15) is 0 Å². The van der Waals surface area contributed by atoms with Gasteiger partial charge in [-0.25, -0.2) is 0 Å². The van der Waals surface area contributed by atoms with Crippen LogP contribution in [-0.2, 0) is 16.0 Å². The van der Waals surface area contributed by atoms with Crippen LogP contribution >= 0.6 is 11.6 Å². The molecule has 5 nitrogen and oxygen atoms in total. The maximum Gasteiger partial charge on any atom is 0.262 e. The number of fused-ring (bicyclic) bond motifs is 1. The number of hydrogen-bond donors (Lipinski definition) is 1. The zero-order chi connectivity index (χ0) is 20.1. The quantitative estimate of drug-likeness (QED) is 0.729. The van der Waals surface area contributed by atoms with E-state index in [-0.39, 0.29) is 18.4 Å². The fourth-order valence-corrected chi connectivity index (χ4v) is 3.37. The number of rotatable bonds is 7. The zero-order valence-electron chi connectivity index (χ0n) is 16.3. The van der Waals surface area contributed by atoms with Crippen molar-refractivity contribution in [1.29, 1.82) is 0 Å². The van der Waals surface area contributed by atoms with Crippen LogP contribution in [0.5, 0.6) is 5.75 Å². The second-order valence-corrected chi connectivity index (χ2v) is 7.40. The van der Waals surface area contributed by atoms with Crippen molar-refractivity contribution in [3.05, 3.63) is 52.5 Å². The Morgan fingerprint density at radius 2 is 2.04 bits per heavy atom. The molecule has 0 saturated heterocycles. The summed E-state index contributed by atoms with van der Waals surface area (Å²) >= 11 is 6.00. The molecule has 0 fully saturated rings. The number of unbranched alkanes of at least 4 members (excludes halogenated alkanes) is 1. The Balaban J connectivity index is 1.62. The van der Waals surface area contributed by atoms with Crippen molar-refractivity contribution in [1.82, 2.24) is 0 Å². The maximum absolute atomic E-state index is 12.2. The summed E-state index contributed by atoms with van der Waals surface area (Å²) in [4.78, 5) is 26.3. The Kier molecular flexibility index (Phi) is 6.57. The van der Waals surface area contributed by atoms with E-state index in [1.54, 1.807) is 18.2 Å². The molecular weight excluding hydrogens is 376 g/mol. The third kappa shape index (κ3) is 4.84. The first-order chi connectivity index (χ1) is 13.5. The summed E-state index contributed by atoms with van der Waals surface area (Å²) < 4.78 is 5.54. The SMILES string of the molecule is CCCCN1C(=O)CCc2cc(NC(=O)COc3ccc(Cl)c(C)c3)ccc21. The molecule has 0 unspecified atom stereocenters. The second kappa shape index (κ2) is 9.11. The molecule has 1 heterocycles. The van der Waals surface area contributed by atoms with Crippen molar-refractivity contribution in [3.63, 3.8) is 0 Å². The first-order valence-corrected chi connectivity index (χ1v) is 9.98. The van der Waals surface area contributed by atoms with Crippen LogP contribution < -0.4 is 15.0 Å². The summed E-state index contributed by atoms with van der Waals surface area (Å²) in [5.74, 6) is 0.541. The van der Waals surface area contributed by atoms with E-state index in [0.717, 1.165) is 36.2 Å². The third-order valence-electron chi connectivity index (χ3n) is 4.80. The van der Waals surface area contributed by atoms with Gasteiger partial charge >= 0.3 is 0 Å². The predicted octanol–water partition coefficient (Wildman–Crippen LogP) is 4.75. The fraction of sp³-hybridized carbons (Fsp3) is 0.364. The summed E-state index contributed by atoms with van der Waals surface area (Å²) in [5.41, 5.74) is 3.65. The molecule has 2 amide bonds. The Bertz CT molecular complexity index is 882. The molecule has 0 spiro atoms. The van der Waals surface area contributed by atoms with E-state index in [9.17, 15) is 9.59 Å². The molecule has 0 bridgehead atoms. The normalized spacial score (nSPS) is 13.2. The minimum Gasteiger partial charge on any atom is -0.484 e. The molecule has 0 radical (unpaired) electrons. The van der Waals surface area contributed by atoms with Gasteiger partial charge < -0.3 is 15.0 Å². The predicted molar refractivity (Wildman–Crippen MR) is 112 cm³/mol. The van der Waals surface area contributed by atoms with Crippen LogP contribution in [0.4, 0.5) is 11.4 Å². The molecular formula is C22H25ClN2O3. The number of aryl methyl sites for hydroxylation is 2. The van der Waals surface area contributed by atoms with E-state index in [2.05, 4.69) is 12.2 Å². The number of carbonyl (C=O) groups is 2. The lowest BCUT2D eigenvalue weighted by Gasteiger charge is -2.29. The average molecular weight is 401 g/mol. The summed E-state index contributed by atoms with van der Waals surface area (Å²) in [6.45, 7) is 4.65. The number of hydrogen-bond acceptors (Lipinski definition) is 3. The zero-order valence-corrected chi connectivity index (χ0v) is 17.0.